The Morgan fingerprint density at radius 2 is 1.82 bits per heavy atom. The third kappa shape index (κ3) is 6.40. The Kier molecular flexibility index (Phi) is 9.00. The summed E-state index contributed by atoms with van der Waals surface area (Å²) in [5.41, 5.74) is 9.25. The largest absolute Gasteiger partial charge is 0.466 e. The van der Waals surface area contributed by atoms with Crippen LogP contribution in [0.25, 0.3) is 11.0 Å². The molecular formula is C29H30ClFN6O3. The Balaban J connectivity index is 1.60. The molecule has 3 aromatic carbocycles. The number of nitrogens with zero attached hydrogens (tertiary/aromatic N) is 3. The standard InChI is InChI=1S/C29H30ClFN6O3/c1-3-36-25-12-7-19(15-24(25)35-26(36)17-34-20-8-5-18(6-9-20)28(32)33)29(39)37(14-13-27(38)40-4-2)21-10-11-23(31)22(30)16-21/h5-12,15-16,34H,3-4,13-14,17H2,1-2H3,(H3,32,33). The van der Waals surface area contributed by atoms with Gasteiger partial charge in [0.25, 0.3) is 5.91 Å². The van der Waals surface area contributed by atoms with Crippen molar-refractivity contribution in [3.05, 3.63) is 88.5 Å². The number of amides is 1. The van der Waals surface area contributed by atoms with Gasteiger partial charge in [0.15, 0.2) is 0 Å². The molecule has 0 aliphatic rings. The molecule has 0 saturated heterocycles. The average Bonchev–Trinajstić information content (AvgIpc) is 3.30. The van der Waals surface area contributed by atoms with Gasteiger partial charge < -0.3 is 25.3 Å². The number of rotatable bonds is 11. The second kappa shape index (κ2) is 12.6. The first-order valence-electron chi connectivity index (χ1n) is 12.8. The fourth-order valence-corrected chi connectivity index (χ4v) is 4.52. The molecule has 1 heterocycles. The van der Waals surface area contributed by atoms with Crippen LogP contribution in [-0.2, 0) is 22.6 Å². The highest BCUT2D eigenvalue weighted by atomic mass is 35.5. The summed E-state index contributed by atoms with van der Waals surface area (Å²) in [6, 6.07) is 16.5. The molecule has 4 N–H and O–H groups in total. The number of nitrogen functional groups attached to an aromatic ring is 1. The number of fused-ring (bicyclic) bond motifs is 1. The molecule has 9 nitrogen and oxygen atoms in total. The maximum Gasteiger partial charge on any atom is 0.307 e. The van der Waals surface area contributed by atoms with E-state index in [-0.39, 0.29) is 36.3 Å². The minimum atomic E-state index is -0.606. The van der Waals surface area contributed by atoms with E-state index < -0.39 is 11.8 Å². The third-order valence-electron chi connectivity index (χ3n) is 6.34. The first kappa shape index (κ1) is 28.6. The molecule has 0 bridgehead atoms. The van der Waals surface area contributed by atoms with Gasteiger partial charge >= 0.3 is 5.97 Å². The lowest BCUT2D eigenvalue weighted by Gasteiger charge is -2.23. The number of benzene rings is 3. The number of anilines is 2. The van der Waals surface area contributed by atoms with E-state index in [0.717, 1.165) is 17.0 Å². The van der Waals surface area contributed by atoms with Crippen LogP contribution in [0.15, 0.2) is 60.7 Å². The summed E-state index contributed by atoms with van der Waals surface area (Å²) in [5, 5.41) is 10.7. The fourth-order valence-electron chi connectivity index (χ4n) is 4.34. The molecule has 0 radical (unpaired) electrons. The van der Waals surface area contributed by atoms with Crippen LogP contribution < -0.4 is 16.0 Å². The molecule has 1 aromatic heterocycles. The van der Waals surface area contributed by atoms with E-state index in [0.29, 0.717) is 35.4 Å². The highest BCUT2D eigenvalue weighted by Gasteiger charge is 2.22. The number of nitrogens with two attached hydrogens (primary N) is 1. The smallest absolute Gasteiger partial charge is 0.307 e. The van der Waals surface area contributed by atoms with Crippen molar-refractivity contribution in [1.29, 1.82) is 5.41 Å². The van der Waals surface area contributed by atoms with E-state index in [9.17, 15) is 14.0 Å². The Morgan fingerprint density at radius 1 is 1.10 bits per heavy atom. The number of ether oxygens (including phenoxy) is 1. The van der Waals surface area contributed by atoms with E-state index in [1.165, 1.54) is 23.1 Å². The quantitative estimate of drug-likeness (QED) is 0.128. The molecule has 4 aromatic rings. The second-order valence-corrected chi connectivity index (χ2v) is 9.34. The first-order chi connectivity index (χ1) is 19.2. The van der Waals surface area contributed by atoms with Gasteiger partial charge in [0.05, 0.1) is 35.6 Å². The summed E-state index contributed by atoms with van der Waals surface area (Å²) in [5.74, 6) is -0.650. The molecule has 1 amide bonds. The Bertz CT molecular complexity index is 1550. The van der Waals surface area contributed by atoms with Gasteiger partial charge in [-0.15, -0.1) is 0 Å². The highest BCUT2D eigenvalue weighted by Crippen LogP contribution is 2.26. The van der Waals surface area contributed by atoms with Gasteiger partial charge in [-0.2, -0.15) is 0 Å². The van der Waals surface area contributed by atoms with Crippen molar-refractivity contribution in [2.45, 2.75) is 33.4 Å². The van der Waals surface area contributed by atoms with Crippen LogP contribution in [0.5, 0.6) is 0 Å². The normalized spacial score (nSPS) is 10.9. The summed E-state index contributed by atoms with van der Waals surface area (Å²) in [6.07, 6.45) is -0.0372. The fraction of sp³-hybridized carbons (Fsp3) is 0.241. The van der Waals surface area contributed by atoms with Gasteiger partial charge in [-0.05, 0) is 74.5 Å². The molecule has 40 heavy (non-hydrogen) atoms. The number of aryl methyl sites for hydroxylation is 1. The lowest BCUT2D eigenvalue weighted by atomic mass is 10.1. The molecule has 208 valence electrons. The number of aromatic nitrogens is 2. The van der Waals surface area contributed by atoms with Crippen LogP contribution >= 0.6 is 11.6 Å². The topological polar surface area (TPSA) is 126 Å². The van der Waals surface area contributed by atoms with Crippen molar-refractivity contribution in [3.8, 4) is 0 Å². The predicted octanol–water partition coefficient (Wildman–Crippen LogP) is 5.34. The van der Waals surface area contributed by atoms with Crippen LogP contribution in [0, 0.1) is 11.2 Å². The van der Waals surface area contributed by atoms with Gasteiger partial charge in [0.2, 0.25) is 0 Å². The Hall–Kier alpha value is -4.44. The third-order valence-corrected chi connectivity index (χ3v) is 6.63. The summed E-state index contributed by atoms with van der Waals surface area (Å²) < 4.78 is 20.9. The molecule has 0 aliphatic carbocycles. The van der Waals surface area contributed by atoms with Gasteiger partial charge in [0, 0.05) is 35.6 Å². The van der Waals surface area contributed by atoms with Crippen molar-refractivity contribution in [1.82, 2.24) is 9.55 Å². The van der Waals surface area contributed by atoms with Crippen LogP contribution in [0.1, 0.15) is 42.0 Å². The Morgan fingerprint density at radius 3 is 2.48 bits per heavy atom. The van der Waals surface area contributed by atoms with E-state index in [1.807, 2.05) is 25.1 Å². The zero-order valence-electron chi connectivity index (χ0n) is 22.2. The van der Waals surface area contributed by atoms with Crippen molar-refractivity contribution in [3.63, 3.8) is 0 Å². The molecule has 0 saturated carbocycles. The van der Waals surface area contributed by atoms with Crippen molar-refractivity contribution in [2.24, 2.45) is 5.73 Å². The average molecular weight is 565 g/mol. The number of imidazole rings is 1. The highest BCUT2D eigenvalue weighted by molar-refractivity contribution is 6.31. The summed E-state index contributed by atoms with van der Waals surface area (Å²) >= 11 is 5.99. The monoisotopic (exact) mass is 564 g/mol. The van der Waals surface area contributed by atoms with Crippen LogP contribution in [0.4, 0.5) is 15.8 Å². The molecule has 0 fully saturated rings. The van der Waals surface area contributed by atoms with Gasteiger partial charge in [-0.3, -0.25) is 15.0 Å². The number of amidine groups is 1. The lowest BCUT2D eigenvalue weighted by Crippen LogP contribution is -2.33. The van der Waals surface area contributed by atoms with E-state index in [2.05, 4.69) is 9.88 Å². The lowest BCUT2D eigenvalue weighted by molar-refractivity contribution is -0.142. The predicted molar refractivity (Wildman–Crippen MR) is 155 cm³/mol. The molecule has 0 aliphatic heterocycles. The number of carbonyl (C=O) groups excluding carboxylic acids is 2. The maximum atomic E-state index is 13.8. The SMILES string of the molecule is CCOC(=O)CCN(C(=O)c1ccc2c(c1)nc(CNc1ccc(C(=N)N)cc1)n2CC)c1ccc(F)c(Cl)c1. The number of nitrogens with one attached hydrogen (secondary N) is 2. The number of carbonyl (C=O) groups is 2. The van der Waals surface area contributed by atoms with Crippen LogP contribution in [0.3, 0.4) is 0 Å². The number of hydrogen-bond donors (Lipinski definition) is 3. The second-order valence-electron chi connectivity index (χ2n) is 8.93. The van der Waals surface area contributed by atoms with E-state index >= 15 is 0 Å². The molecule has 0 unspecified atom stereocenters. The Labute approximate surface area is 236 Å². The number of halogens is 2. The number of esters is 1. The van der Waals surface area contributed by atoms with Crippen molar-refractivity contribution < 1.29 is 18.7 Å². The summed E-state index contributed by atoms with van der Waals surface area (Å²) in [7, 11) is 0. The molecule has 0 spiro atoms. The summed E-state index contributed by atoms with van der Waals surface area (Å²) in [6.45, 7) is 5.08. The van der Waals surface area contributed by atoms with Crippen molar-refractivity contribution in [2.75, 3.05) is 23.4 Å². The van der Waals surface area contributed by atoms with Gasteiger partial charge in [-0.25, -0.2) is 9.37 Å². The molecule has 0 atom stereocenters. The van der Waals surface area contributed by atoms with Gasteiger partial charge in [-0.1, -0.05) is 11.6 Å². The molecular weight excluding hydrogens is 535 g/mol. The first-order valence-corrected chi connectivity index (χ1v) is 13.2. The summed E-state index contributed by atoms with van der Waals surface area (Å²) in [4.78, 5) is 31.9. The van der Waals surface area contributed by atoms with Gasteiger partial charge in [0.1, 0.15) is 17.5 Å². The zero-order chi connectivity index (χ0) is 28.8. The minimum absolute atomic E-state index is 0.00617. The minimum Gasteiger partial charge on any atom is -0.466 e. The van der Waals surface area contributed by atoms with Crippen LogP contribution in [-0.4, -0.2) is 40.4 Å². The van der Waals surface area contributed by atoms with E-state index in [1.54, 1.807) is 31.2 Å². The number of hydrogen-bond acceptors (Lipinski definition) is 6. The zero-order valence-corrected chi connectivity index (χ0v) is 23.0. The van der Waals surface area contributed by atoms with Crippen molar-refractivity contribution >= 4 is 51.7 Å². The van der Waals surface area contributed by atoms with E-state index in [4.69, 9.17) is 32.5 Å². The maximum absolute atomic E-state index is 13.8. The molecule has 4 rings (SSSR count). The molecule has 11 heteroatoms. The van der Waals surface area contributed by atoms with Crippen LogP contribution in [0.2, 0.25) is 5.02 Å².